The van der Waals surface area contributed by atoms with Gasteiger partial charge in [-0.05, 0) is 43.7 Å². The second-order valence-corrected chi connectivity index (χ2v) is 15.3. The minimum Gasteiger partial charge on any atom is -0.387 e. The third-order valence-corrected chi connectivity index (χ3v) is 11.1. The third-order valence-electron chi connectivity index (χ3n) is 11.1. The molecule has 0 bridgehead atoms. The number of hydrogen-bond donors (Lipinski definition) is 7. The first-order valence-electron chi connectivity index (χ1n) is 20.1. The number of rotatable bonds is 19. The smallest absolute Gasteiger partial charge is 0.330 e. The van der Waals surface area contributed by atoms with Crippen LogP contribution in [0.15, 0.2) is 57.9 Å². The molecule has 4 heterocycles. The molecule has 17 heteroatoms. The quantitative estimate of drug-likeness (QED) is 0.0970. The van der Waals surface area contributed by atoms with E-state index in [-0.39, 0.29) is 18.8 Å². The number of nitrogens with zero attached hydrogens (tertiary/aromatic N) is 3. The van der Waals surface area contributed by atoms with Gasteiger partial charge >= 0.3 is 5.69 Å². The van der Waals surface area contributed by atoms with E-state index < -0.39 is 84.4 Å². The summed E-state index contributed by atoms with van der Waals surface area (Å²) in [6.45, 7) is 2.09. The van der Waals surface area contributed by atoms with Gasteiger partial charge in [0.25, 0.3) is 11.5 Å². The molecule has 3 aliphatic heterocycles. The van der Waals surface area contributed by atoms with E-state index in [1.165, 1.54) is 75.3 Å². The molecule has 5 rings (SSSR count). The van der Waals surface area contributed by atoms with Gasteiger partial charge in [-0.25, -0.2) is 4.79 Å². The number of aromatic nitrogens is 2. The molecule has 1 aromatic heterocycles. The number of hydrogen-bond acceptors (Lipinski definition) is 13. The van der Waals surface area contributed by atoms with Gasteiger partial charge in [0, 0.05) is 38.1 Å². The summed E-state index contributed by atoms with van der Waals surface area (Å²) in [6, 6.07) is 7.30. The van der Waals surface area contributed by atoms with Gasteiger partial charge in [-0.15, -0.1) is 0 Å². The number of nitrogens with one attached hydrogen (secondary N) is 2. The van der Waals surface area contributed by atoms with Crippen molar-refractivity contribution in [2.45, 2.75) is 139 Å². The molecule has 10 atom stereocenters. The number of amides is 2. The van der Waals surface area contributed by atoms with Crippen molar-refractivity contribution in [1.29, 1.82) is 0 Å². The Hall–Kier alpha value is -3.78. The van der Waals surface area contributed by atoms with Crippen LogP contribution in [-0.2, 0) is 30.2 Å². The van der Waals surface area contributed by atoms with Crippen LogP contribution >= 0.6 is 0 Å². The van der Waals surface area contributed by atoms with Crippen LogP contribution < -0.4 is 22.3 Å². The van der Waals surface area contributed by atoms with Crippen LogP contribution in [0.3, 0.4) is 0 Å². The normalized spacial score (nSPS) is 28.7. The van der Waals surface area contributed by atoms with E-state index in [4.69, 9.17) is 19.9 Å². The summed E-state index contributed by atoms with van der Waals surface area (Å²) < 4.78 is 18.8. The molecule has 2 saturated heterocycles. The Labute approximate surface area is 332 Å². The van der Waals surface area contributed by atoms with Crippen molar-refractivity contribution in [3.8, 4) is 0 Å². The van der Waals surface area contributed by atoms with Crippen LogP contribution in [0.1, 0.15) is 82.9 Å². The Bertz CT molecular complexity index is 1770. The zero-order valence-electron chi connectivity index (χ0n) is 33.1. The molecule has 17 nitrogen and oxygen atoms in total. The van der Waals surface area contributed by atoms with Crippen LogP contribution in [0.5, 0.6) is 0 Å². The van der Waals surface area contributed by atoms with Crippen LogP contribution in [0.25, 0.3) is 0 Å². The fourth-order valence-corrected chi connectivity index (χ4v) is 7.71. The molecule has 0 saturated carbocycles. The zero-order chi connectivity index (χ0) is 41.2. The van der Waals surface area contributed by atoms with Gasteiger partial charge in [-0.3, -0.25) is 28.8 Å². The maximum atomic E-state index is 14.4. The average molecular weight is 801 g/mol. The average Bonchev–Trinajstić information content (AvgIpc) is 3.59. The lowest BCUT2D eigenvalue weighted by Crippen LogP contribution is -2.59. The molecule has 0 aliphatic carbocycles. The third kappa shape index (κ3) is 10.8. The number of carbonyl (C=O) groups excluding carboxylic acids is 2. The predicted octanol–water partition coefficient (Wildman–Crippen LogP) is 0.705. The van der Waals surface area contributed by atoms with Gasteiger partial charge in [0.05, 0.1) is 0 Å². The van der Waals surface area contributed by atoms with E-state index >= 15 is 0 Å². The first-order chi connectivity index (χ1) is 27.4. The SMILES string of the molecule is CCCCCCCCCCCCc1ccc(NC(=O)C2=CCN(C)[C@@H]([C@H](O[C@@H]3O[C@H](CN)[C@@H](O)[C@H]3O)[C@H]3O[C@@H](n4ccc(=O)[nH]c4=O)[C@H](O)[C@@H]3O)C(=O)N2C)cc1. The molecule has 2 fully saturated rings. The molecule has 316 valence electrons. The summed E-state index contributed by atoms with van der Waals surface area (Å²) >= 11 is 0. The number of unbranched alkanes of at least 4 members (excludes halogenated alkanes) is 9. The Morgan fingerprint density at radius 3 is 2.16 bits per heavy atom. The number of H-pyrrole nitrogens is 1. The Balaban J connectivity index is 1.26. The monoisotopic (exact) mass is 800 g/mol. The van der Waals surface area contributed by atoms with Gasteiger partial charge in [0.15, 0.2) is 12.5 Å². The van der Waals surface area contributed by atoms with E-state index in [0.717, 1.165) is 34.6 Å². The molecule has 0 radical (unpaired) electrons. The molecule has 57 heavy (non-hydrogen) atoms. The van der Waals surface area contributed by atoms with Crippen LogP contribution in [0.4, 0.5) is 5.69 Å². The van der Waals surface area contributed by atoms with Gasteiger partial charge in [-0.1, -0.05) is 76.8 Å². The highest BCUT2D eigenvalue weighted by molar-refractivity contribution is 6.06. The van der Waals surface area contributed by atoms with Crippen molar-refractivity contribution < 1.29 is 44.2 Å². The lowest BCUT2D eigenvalue weighted by Gasteiger charge is -2.38. The highest BCUT2D eigenvalue weighted by Gasteiger charge is 2.55. The van der Waals surface area contributed by atoms with Gasteiger partial charge in [0.2, 0.25) is 5.91 Å². The van der Waals surface area contributed by atoms with Crippen molar-refractivity contribution in [2.75, 3.05) is 32.5 Å². The van der Waals surface area contributed by atoms with Crippen molar-refractivity contribution in [1.82, 2.24) is 19.4 Å². The number of likely N-dealkylation sites (N-methyl/N-ethyl adjacent to an activating group) is 2. The van der Waals surface area contributed by atoms with Crippen molar-refractivity contribution >= 4 is 17.5 Å². The fraction of sp³-hybridized carbons (Fsp3) is 0.650. The summed E-state index contributed by atoms with van der Waals surface area (Å²) in [5, 5.41) is 46.6. The first-order valence-corrected chi connectivity index (χ1v) is 20.1. The minimum atomic E-state index is -1.77. The number of benzene rings is 1. The maximum absolute atomic E-state index is 14.4. The largest absolute Gasteiger partial charge is 0.387 e. The molecule has 0 unspecified atom stereocenters. The molecule has 0 spiro atoms. The van der Waals surface area contributed by atoms with Gasteiger partial charge < -0.3 is 50.6 Å². The number of anilines is 1. The number of aliphatic hydroxyl groups is 4. The zero-order valence-corrected chi connectivity index (χ0v) is 33.1. The number of aryl methyl sites for hydroxylation is 1. The molecular weight excluding hydrogens is 740 g/mol. The summed E-state index contributed by atoms with van der Waals surface area (Å²) in [4.78, 5) is 57.2. The van der Waals surface area contributed by atoms with Gasteiger partial charge in [0.1, 0.15) is 54.5 Å². The Kier molecular flexibility index (Phi) is 16.1. The first kappa shape index (κ1) is 44.3. The number of nitrogens with two attached hydrogens (primary N) is 1. The standard InChI is InChI=1S/C40H60N6O11/c1-4-5-6-7-8-9-10-11-12-13-14-24-15-17-25(18-16-24)42-36(52)26-19-21-44(2)29(37(53)45(26)3)34(57-39-33(51)30(48)27(23-41)55-39)35-31(49)32(50)38(56-35)46-22-20-28(47)43-40(46)54/h15-20,22,27,29-35,38-39,48-51H,4-14,21,23,41H2,1-3H3,(H,42,52)(H,43,47,54)/t27-,29+,30-,31+,32-,33-,34+,35+,38-,39+/m1/s1. The lowest BCUT2D eigenvalue weighted by molar-refractivity contribution is -0.232. The number of aliphatic hydroxyl groups excluding tert-OH is 4. The summed E-state index contributed by atoms with van der Waals surface area (Å²) in [5.74, 6) is -1.22. The van der Waals surface area contributed by atoms with E-state index in [1.807, 2.05) is 24.3 Å². The van der Waals surface area contributed by atoms with Crippen LogP contribution in [-0.4, -0.2) is 134 Å². The minimum absolute atomic E-state index is 0.0253. The highest BCUT2D eigenvalue weighted by Crippen LogP contribution is 2.36. The predicted molar refractivity (Wildman–Crippen MR) is 210 cm³/mol. The topological polar surface area (TPSA) is 242 Å². The van der Waals surface area contributed by atoms with Crippen LogP contribution in [0.2, 0.25) is 0 Å². The van der Waals surface area contributed by atoms with Gasteiger partial charge in [-0.2, -0.15) is 0 Å². The van der Waals surface area contributed by atoms with E-state index in [1.54, 1.807) is 13.1 Å². The number of ether oxygens (including phenoxy) is 3. The highest BCUT2D eigenvalue weighted by atomic mass is 16.7. The summed E-state index contributed by atoms with van der Waals surface area (Å²) in [5.41, 5.74) is 5.84. The molecule has 1 aromatic carbocycles. The molecular formula is C40H60N6O11. The Morgan fingerprint density at radius 2 is 1.54 bits per heavy atom. The molecule has 8 N–H and O–H groups in total. The molecule has 3 aliphatic rings. The number of carbonyl (C=O) groups is 2. The van der Waals surface area contributed by atoms with E-state index in [9.17, 15) is 39.6 Å². The second-order valence-electron chi connectivity index (χ2n) is 15.3. The van der Waals surface area contributed by atoms with Crippen molar-refractivity contribution in [3.63, 3.8) is 0 Å². The van der Waals surface area contributed by atoms with Crippen molar-refractivity contribution in [3.05, 3.63) is 74.7 Å². The molecule has 2 aromatic rings. The second kappa shape index (κ2) is 20.8. The van der Waals surface area contributed by atoms with E-state index in [0.29, 0.717) is 5.69 Å². The lowest BCUT2D eigenvalue weighted by atomic mass is 9.97. The molecule has 2 amide bonds. The Morgan fingerprint density at radius 1 is 0.895 bits per heavy atom. The van der Waals surface area contributed by atoms with E-state index in [2.05, 4.69) is 17.2 Å². The fourth-order valence-electron chi connectivity index (χ4n) is 7.71. The van der Waals surface area contributed by atoms with Crippen molar-refractivity contribution in [2.24, 2.45) is 5.73 Å². The van der Waals surface area contributed by atoms with Crippen LogP contribution in [0, 0.1) is 0 Å². The summed E-state index contributed by atoms with van der Waals surface area (Å²) in [6.07, 6.45) is 2.47. The summed E-state index contributed by atoms with van der Waals surface area (Å²) in [7, 11) is 2.98. The maximum Gasteiger partial charge on any atom is 0.330 e. The number of aromatic amines is 1.